The highest BCUT2D eigenvalue weighted by Crippen LogP contribution is 2.26. The third kappa shape index (κ3) is 2.97. The van der Waals surface area contributed by atoms with E-state index in [0.29, 0.717) is 6.54 Å². The van der Waals surface area contributed by atoms with Gasteiger partial charge in [0.25, 0.3) is 0 Å². The Morgan fingerprint density at radius 1 is 1.45 bits per heavy atom. The molecule has 5 nitrogen and oxygen atoms in total. The van der Waals surface area contributed by atoms with Crippen LogP contribution in [-0.2, 0) is 14.3 Å². The average Bonchev–Trinajstić information content (AvgIpc) is 2.81. The molecule has 104 valence electrons. The first kappa shape index (κ1) is 14.1. The van der Waals surface area contributed by atoms with E-state index in [1.54, 1.807) is 4.90 Å². The van der Waals surface area contributed by atoms with Crippen LogP contribution in [0.2, 0.25) is 0 Å². The molecule has 0 unspecified atom stereocenters. The second kappa shape index (κ2) is 5.74. The average molecular weight is 272 g/mol. The van der Waals surface area contributed by atoms with E-state index in [4.69, 9.17) is 10.00 Å². The SMILES string of the molecule is Cc1ccc(N2C[C@H](C(=O)O[C@@H](C)C#N)CC2=O)cc1. The lowest BCUT2D eigenvalue weighted by atomic mass is 10.1. The molecule has 20 heavy (non-hydrogen) atoms. The number of carbonyl (C=O) groups is 2. The fourth-order valence-corrected chi connectivity index (χ4v) is 2.14. The van der Waals surface area contributed by atoms with Crippen molar-refractivity contribution in [3.63, 3.8) is 0 Å². The van der Waals surface area contributed by atoms with Crippen molar-refractivity contribution in [2.24, 2.45) is 5.92 Å². The van der Waals surface area contributed by atoms with Crippen LogP contribution in [-0.4, -0.2) is 24.5 Å². The molecular formula is C15H16N2O3. The van der Waals surface area contributed by atoms with Gasteiger partial charge in [-0.25, -0.2) is 0 Å². The van der Waals surface area contributed by atoms with Crippen LogP contribution in [0.4, 0.5) is 5.69 Å². The number of carbonyl (C=O) groups excluding carboxylic acids is 2. The van der Waals surface area contributed by atoms with Crippen molar-refractivity contribution in [2.45, 2.75) is 26.4 Å². The van der Waals surface area contributed by atoms with Gasteiger partial charge in [0.1, 0.15) is 6.07 Å². The van der Waals surface area contributed by atoms with E-state index in [0.717, 1.165) is 11.3 Å². The molecule has 1 aliphatic rings. The van der Waals surface area contributed by atoms with Gasteiger partial charge < -0.3 is 9.64 Å². The van der Waals surface area contributed by atoms with E-state index in [1.165, 1.54) is 6.92 Å². The first-order chi connectivity index (χ1) is 9.51. The van der Waals surface area contributed by atoms with Crippen LogP contribution >= 0.6 is 0 Å². The molecule has 0 radical (unpaired) electrons. The number of anilines is 1. The number of rotatable bonds is 3. The topological polar surface area (TPSA) is 70.4 Å². The highest BCUT2D eigenvalue weighted by molar-refractivity contribution is 5.99. The quantitative estimate of drug-likeness (QED) is 0.787. The fraction of sp³-hybridized carbons (Fsp3) is 0.400. The number of nitrogens with zero attached hydrogens (tertiary/aromatic N) is 2. The second-order valence-corrected chi connectivity index (χ2v) is 4.95. The number of nitriles is 1. The zero-order chi connectivity index (χ0) is 14.7. The van der Waals surface area contributed by atoms with E-state index in [9.17, 15) is 9.59 Å². The monoisotopic (exact) mass is 272 g/mol. The molecule has 1 aliphatic heterocycles. The maximum atomic E-state index is 12.0. The summed E-state index contributed by atoms with van der Waals surface area (Å²) in [6.45, 7) is 3.78. The summed E-state index contributed by atoms with van der Waals surface area (Å²) in [4.78, 5) is 25.4. The number of amides is 1. The Balaban J connectivity index is 2.06. The van der Waals surface area contributed by atoms with Crippen LogP contribution in [0, 0.1) is 24.2 Å². The van der Waals surface area contributed by atoms with E-state index < -0.39 is 18.0 Å². The number of benzene rings is 1. The molecule has 1 aromatic carbocycles. The van der Waals surface area contributed by atoms with Crippen molar-refractivity contribution < 1.29 is 14.3 Å². The van der Waals surface area contributed by atoms with Crippen LogP contribution in [0.25, 0.3) is 0 Å². The van der Waals surface area contributed by atoms with E-state index in [1.807, 2.05) is 37.3 Å². The number of aryl methyl sites for hydroxylation is 1. The third-order valence-corrected chi connectivity index (χ3v) is 3.28. The maximum absolute atomic E-state index is 12.0. The lowest BCUT2D eigenvalue weighted by Crippen LogP contribution is -2.27. The van der Waals surface area contributed by atoms with Gasteiger partial charge in [0.15, 0.2) is 6.10 Å². The molecule has 1 saturated heterocycles. The molecule has 0 spiro atoms. The zero-order valence-corrected chi connectivity index (χ0v) is 11.5. The van der Waals surface area contributed by atoms with Crippen LogP contribution in [0.5, 0.6) is 0 Å². The van der Waals surface area contributed by atoms with Crippen molar-refractivity contribution in [3.8, 4) is 6.07 Å². The summed E-state index contributed by atoms with van der Waals surface area (Å²) >= 11 is 0. The summed E-state index contributed by atoms with van der Waals surface area (Å²) in [7, 11) is 0. The molecule has 0 aromatic heterocycles. The minimum absolute atomic E-state index is 0.0968. The molecule has 0 aliphatic carbocycles. The van der Waals surface area contributed by atoms with E-state index >= 15 is 0 Å². The van der Waals surface area contributed by atoms with Gasteiger partial charge in [-0.3, -0.25) is 9.59 Å². The number of hydrogen-bond donors (Lipinski definition) is 0. The number of ether oxygens (including phenoxy) is 1. The predicted molar refractivity (Wildman–Crippen MR) is 72.8 cm³/mol. The predicted octanol–water partition coefficient (Wildman–Crippen LogP) is 1.80. The van der Waals surface area contributed by atoms with Crippen LogP contribution in [0.1, 0.15) is 18.9 Å². The van der Waals surface area contributed by atoms with Crippen molar-refractivity contribution in [2.75, 3.05) is 11.4 Å². The smallest absolute Gasteiger partial charge is 0.312 e. The van der Waals surface area contributed by atoms with E-state index in [2.05, 4.69) is 0 Å². The second-order valence-electron chi connectivity index (χ2n) is 4.95. The summed E-state index contributed by atoms with van der Waals surface area (Å²) in [6.07, 6.45) is -0.656. The van der Waals surface area contributed by atoms with Crippen LogP contribution < -0.4 is 4.90 Å². The minimum atomic E-state index is -0.786. The highest BCUT2D eigenvalue weighted by atomic mass is 16.5. The Bertz CT molecular complexity index is 559. The van der Waals surface area contributed by atoms with Gasteiger partial charge in [-0.05, 0) is 26.0 Å². The number of hydrogen-bond acceptors (Lipinski definition) is 4. The Kier molecular flexibility index (Phi) is 4.04. The lowest BCUT2D eigenvalue weighted by molar-refractivity contribution is -0.150. The fourth-order valence-electron chi connectivity index (χ4n) is 2.14. The van der Waals surface area contributed by atoms with Gasteiger partial charge in [0, 0.05) is 18.7 Å². The minimum Gasteiger partial charge on any atom is -0.447 e. The molecule has 1 aromatic rings. The molecule has 0 saturated carbocycles. The van der Waals surface area contributed by atoms with Crippen LogP contribution in [0.15, 0.2) is 24.3 Å². The van der Waals surface area contributed by atoms with Crippen molar-refractivity contribution >= 4 is 17.6 Å². The normalized spacial score (nSPS) is 19.6. The Morgan fingerprint density at radius 2 is 2.10 bits per heavy atom. The standard InChI is InChI=1S/C15H16N2O3/c1-10-3-5-13(6-4-10)17-9-12(7-14(17)18)15(19)20-11(2)8-16/h3-6,11-12H,7,9H2,1-2H3/t11-,12+/m0/s1. The van der Waals surface area contributed by atoms with Gasteiger partial charge >= 0.3 is 5.97 Å². The lowest BCUT2D eigenvalue weighted by Gasteiger charge is -2.17. The summed E-state index contributed by atoms with van der Waals surface area (Å²) in [5.41, 5.74) is 1.89. The molecule has 2 atom stereocenters. The molecule has 2 rings (SSSR count). The highest BCUT2D eigenvalue weighted by Gasteiger charge is 2.36. The van der Waals surface area contributed by atoms with Crippen molar-refractivity contribution in [1.29, 1.82) is 5.26 Å². The van der Waals surface area contributed by atoms with Gasteiger partial charge in [-0.2, -0.15) is 5.26 Å². The van der Waals surface area contributed by atoms with Crippen molar-refractivity contribution in [1.82, 2.24) is 0 Å². The largest absolute Gasteiger partial charge is 0.447 e. The van der Waals surface area contributed by atoms with Gasteiger partial charge in [-0.1, -0.05) is 17.7 Å². The molecule has 0 N–H and O–H groups in total. The van der Waals surface area contributed by atoms with Gasteiger partial charge in [0.05, 0.1) is 5.92 Å². The summed E-state index contributed by atoms with van der Waals surface area (Å²) in [5.74, 6) is -1.08. The summed E-state index contributed by atoms with van der Waals surface area (Å²) in [5, 5.41) is 8.63. The molecule has 1 amide bonds. The Hall–Kier alpha value is -2.35. The molecule has 1 fully saturated rings. The first-order valence-corrected chi connectivity index (χ1v) is 6.48. The molecule has 5 heteroatoms. The Labute approximate surface area is 117 Å². The number of esters is 1. The Morgan fingerprint density at radius 3 is 2.70 bits per heavy atom. The summed E-state index contributed by atoms with van der Waals surface area (Å²) in [6, 6.07) is 9.40. The first-order valence-electron chi connectivity index (χ1n) is 6.48. The zero-order valence-electron chi connectivity index (χ0n) is 11.5. The van der Waals surface area contributed by atoms with Crippen LogP contribution in [0.3, 0.4) is 0 Å². The molecule has 0 bridgehead atoms. The molecular weight excluding hydrogens is 256 g/mol. The molecule has 1 heterocycles. The summed E-state index contributed by atoms with van der Waals surface area (Å²) < 4.78 is 4.96. The van der Waals surface area contributed by atoms with Gasteiger partial charge in [-0.15, -0.1) is 0 Å². The maximum Gasteiger partial charge on any atom is 0.312 e. The van der Waals surface area contributed by atoms with Crippen molar-refractivity contribution in [3.05, 3.63) is 29.8 Å². The third-order valence-electron chi connectivity index (χ3n) is 3.28. The van der Waals surface area contributed by atoms with E-state index in [-0.39, 0.29) is 12.3 Å². The van der Waals surface area contributed by atoms with Gasteiger partial charge in [0.2, 0.25) is 5.91 Å².